The first kappa shape index (κ1) is 13.0. The molecule has 1 saturated carbocycles. The van der Waals surface area contributed by atoms with Crippen molar-refractivity contribution in [2.75, 3.05) is 6.54 Å². The van der Waals surface area contributed by atoms with Crippen molar-refractivity contribution in [3.8, 4) is 0 Å². The minimum absolute atomic E-state index is 0.116. The van der Waals surface area contributed by atoms with E-state index in [4.69, 9.17) is 0 Å². The smallest absolute Gasteiger partial charge is 0.269 e. The van der Waals surface area contributed by atoms with E-state index in [0.29, 0.717) is 12.5 Å². The molecule has 2 atom stereocenters. The van der Waals surface area contributed by atoms with Gasteiger partial charge in [-0.2, -0.15) is 0 Å². The Morgan fingerprint density at radius 1 is 1.33 bits per heavy atom. The molecule has 2 rings (SSSR count). The molecule has 1 aliphatic rings. The molecule has 98 valence electrons. The van der Waals surface area contributed by atoms with Crippen LogP contribution in [0.4, 0.5) is 5.69 Å². The van der Waals surface area contributed by atoms with E-state index >= 15 is 0 Å². The number of hydrogen-bond donors (Lipinski definition) is 2. The third-order valence-corrected chi connectivity index (χ3v) is 3.50. The fraction of sp³-hybridized carbons (Fsp3) is 0.538. The molecule has 0 aliphatic heterocycles. The van der Waals surface area contributed by atoms with E-state index in [9.17, 15) is 15.2 Å². The summed E-state index contributed by atoms with van der Waals surface area (Å²) in [5.74, 6) is 0.350. The van der Waals surface area contributed by atoms with Gasteiger partial charge in [0.05, 0.1) is 11.0 Å². The van der Waals surface area contributed by atoms with Crippen LogP contribution in [0.3, 0.4) is 0 Å². The average molecular weight is 250 g/mol. The van der Waals surface area contributed by atoms with E-state index in [0.717, 1.165) is 31.4 Å². The van der Waals surface area contributed by atoms with Gasteiger partial charge in [-0.25, -0.2) is 0 Å². The van der Waals surface area contributed by atoms with Crippen LogP contribution in [0.1, 0.15) is 24.8 Å². The van der Waals surface area contributed by atoms with Gasteiger partial charge < -0.3 is 10.4 Å². The number of nitro benzene ring substituents is 1. The lowest BCUT2D eigenvalue weighted by atomic mass is 10.1. The molecule has 1 aromatic rings. The van der Waals surface area contributed by atoms with Crippen LogP contribution >= 0.6 is 0 Å². The second-order valence-electron chi connectivity index (χ2n) is 4.81. The van der Waals surface area contributed by atoms with Crippen LogP contribution in [-0.4, -0.2) is 22.7 Å². The Kier molecular flexibility index (Phi) is 4.28. The molecule has 18 heavy (non-hydrogen) atoms. The maximum Gasteiger partial charge on any atom is 0.269 e. The molecule has 0 amide bonds. The van der Waals surface area contributed by atoms with Gasteiger partial charge in [0.25, 0.3) is 5.69 Å². The van der Waals surface area contributed by atoms with E-state index in [1.165, 1.54) is 12.1 Å². The first-order chi connectivity index (χ1) is 8.66. The molecule has 0 radical (unpaired) electrons. The number of rotatable bonds is 5. The van der Waals surface area contributed by atoms with Crippen molar-refractivity contribution < 1.29 is 10.0 Å². The van der Waals surface area contributed by atoms with Gasteiger partial charge in [0.2, 0.25) is 0 Å². The normalized spacial score (nSPS) is 23.2. The molecular weight excluding hydrogens is 232 g/mol. The molecule has 2 unspecified atom stereocenters. The summed E-state index contributed by atoms with van der Waals surface area (Å²) in [7, 11) is 0. The maximum absolute atomic E-state index is 10.5. The quantitative estimate of drug-likeness (QED) is 0.617. The number of nitro groups is 1. The number of nitrogens with one attached hydrogen (secondary N) is 1. The van der Waals surface area contributed by atoms with Gasteiger partial charge in [-0.05, 0) is 24.3 Å². The van der Waals surface area contributed by atoms with Gasteiger partial charge >= 0.3 is 0 Å². The molecule has 0 aromatic heterocycles. The van der Waals surface area contributed by atoms with Crippen molar-refractivity contribution in [1.82, 2.24) is 5.32 Å². The fourth-order valence-corrected chi connectivity index (χ4v) is 2.39. The minimum Gasteiger partial charge on any atom is -0.393 e. The third-order valence-electron chi connectivity index (χ3n) is 3.50. The van der Waals surface area contributed by atoms with Crippen molar-refractivity contribution in [2.45, 2.75) is 31.9 Å². The molecule has 0 spiro atoms. The minimum atomic E-state index is -0.397. The SMILES string of the molecule is O=[N+]([O-])c1ccc(CNCC2CCCC2O)cc1. The van der Waals surface area contributed by atoms with Crippen molar-refractivity contribution in [3.05, 3.63) is 39.9 Å². The zero-order valence-corrected chi connectivity index (χ0v) is 10.2. The second-order valence-corrected chi connectivity index (χ2v) is 4.81. The summed E-state index contributed by atoms with van der Waals surface area (Å²) in [6, 6.07) is 6.55. The van der Waals surface area contributed by atoms with Crippen molar-refractivity contribution >= 4 is 5.69 Å². The van der Waals surface area contributed by atoms with E-state index in [2.05, 4.69) is 5.32 Å². The zero-order chi connectivity index (χ0) is 13.0. The zero-order valence-electron chi connectivity index (χ0n) is 10.2. The standard InChI is InChI=1S/C13H18N2O3/c16-13-3-1-2-11(13)9-14-8-10-4-6-12(7-5-10)15(17)18/h4-7,11,13-14,16H,1-3,8-9H2. The Morgan fingerprint density at radius 2 is 2.06 bits per heavy atom. The first-order valence-electron chi connectivity index (χ1n) is 6.29. The molecule has 1 aromatic carbocycles. The number of aliphatic hydroxyl groups excluding tert-OH is 1. The van der Waals surface area contributed by atoms with Gasteiger partial charge in [0, 0.05) is 25.2 Å². The Hall–Kier alpha value is -1.46. The highest BCUT2D eigenvalue weighted by atomic mass is 16.6. The van der Waals surface area contributed by atoms with Crippen molar-refractivity contribution in [1.29, 1.82) is 0 Å². The van der Waals surface area contributed by atoms with Crippen LogP contribution < -0.4 is 5.32 Å². The maximum atomic E-state index is 10.5. The topological polar surface area (TPSA) is 75.4 Å². The predicted octanol–water partition coefficient (Wildman–Crippen LogP) is 1.85. The fourth-order valence-electron chi connectivity index (χ4n) is 2.39. The predicted molar refractivity (Wildman–Crippen MR) is 68.2 cm³/mol. The van der Waals surface area contributed by atoms with Gasteiger partial charge in [-0.15, -0.1) is 0 Å². The van der Waals surface area contributed by atoms with Crippen LogP contribution in [0.25, 0.3) is 0 Å². The molecule has 5 nitrogen and oxygen atoms in total. The number of hydrogen-bond acceptors (Lipinski definition) is 4. The molecule has 1 aliphatic carbocycles. The largest absolute Gasteiger partial charge is 0.393 e. The third kappa shape index (κ3) is 3.27. The highest BCUT2D eigenvalue weighted by Crippen LogP contribution is 2.24. The Balaban J connectivity index is 1.78. The summed E-state index contributed by atoms with van der Waals surface area (Å²) in [6.07, 6.45) is 2.91. The summed E-state index contributed by atoms with van der Waals surface area (Å²) in [4.78, 5) is 10.1. The van der Waals surface area contributed by atoms with Crippen LogP contribution in [0.5, 0.6) is 0 Å². The van der Waals surface area contributed by atoms with Crippen LogP contribution in [0.2, 0.25) is 0 Å². The van der Waals surface area contributed by atoms with Crippen LogP contribution in [-0.2, 0) is 6.54 Å². The van der Waals surface area contributed by atoms with Crippen LogP contribution in [0.15, 0.2) is 24.3 Å². The summed E-state index contributed by atoms with van der Waals surface area (Å²) in [5, 5.41) is 23.5. The molecule has 5 heteroatoms. The number of aliphatic hydroxyl groups is 1. The van der Waals surface area contributed by atoms with Crippen molar-refractivity contribution in [3.63, 3.8) is 0 Å². The van der Waals surface area contributed by atoms with Gasteiger partial charge in [-0.1, -0.05) is 18.6 Å². The number of benzene rings is 1. The molecule has 2 N–H and O–H groups in total. The number of non-ortho nitro benzene ring substituents is 1. The second kappa shape index (κ2) is 5.93. The molecule has 0 saturated heterocycles. The van der Waals surface area contributed by atoms with E-state index in [1.807, 2.05) is 0 Å². The lowest BCUT2D eigenvalue weighted by Gasteiger charge is -2.14. The Labute approximate surface area is 106 Å². The van der Waals surface area contributed by atoms with E-state index < -0.39 is 4.92 Å². The molecule has 0 heterocycles. The van der Waals surface area contributed by atoms with Gasteiger partial charge in [0.1, 0.15) is 0 Å². The highest BCUT2D eigenvalue weighted by Gasteiger charge is 2.24. The van der Waals surface area contributed by atoms with Gasteiger partial charge in [-0.3, -0.25) is 10.1 Å². The average Bonchev–Trinajstić information content (AvgIpc) is 2.76. The van der Waals surface area contributed by atoms with Gasteiger partial charge in [0.15, 0.2) is 0 Å². The monoisotopic (exact) mass is 250 g/mol. The van der Waals surface area contributed by atoms with E-state index in [-0.39, 0.29) is 11.8 Å². The molecule has 1 fully saturated rings. The summed E-state index contributed by atoms with van der Waals surface area (Å²) in [6.45, 7) is 1.49. The Bertz CT molecular complexity index is 405. The Morgan fingerprint density at radius 3 is 2.61 bits per heavy atom. The summed E-state index contributed by atoms with van der Waals surface area (Å²) < 4.78 is 0. The summed E-state index contributed by atoms with van der Waals surface area (Å²) in [5.41, 5.74) is 1.14. The summed E-state index contributed by atoms with van der Waals surface area (Å²) >= 11 is 0. The van der Waals surface area contributed by atoms with Crippen LogP contribution in [0, 0.1) is 16.0 Å². The molecule has 0 bridgehead atoms. The van der Waals surface area contributed by atoms with Crippen molar-refractivity contribution in [2.24, 2.45) is 5.92 Å². The molecular formula is C13H18N2O3. The lowest BCUT2D eigenvalue weighted by Crippen LogP contribution is -2.27. The highest BCUT2D eigenvalue weighted by molar-refractivity contribution is 5.32. The lowest BCUT2D eigenvalue weighted by molar-refractivity contribution is -0.384. The first-order valence-corrected chi connectivity index (χ1v) is 6.29. The number of nitrogens with zero attached hydrogens (tertiary/aromatic N) is 1. The van der Waals surface area contributed by atoms with E-state index in [1.54, 1.807) is 12.1 Å².